The zero-order chi connectivity index (χ0) is 9.31. The molecule has 72 valence electrons. The molecule has 0 radical (unpaired) electrons. The topological polar surface area (TPSA) is 67.6 Å². The lowest BCUT2D eigenvalue weighted by Gasteiger charge is -2.22. The lowest BCUT2D eigenvalue weighted by molar-refractivity contribution is 0.426. The van der Waals surface area contributed by atoms with Gasteiger partial charge in [0, 0.05) is 12.0 Å². The Morgan fingerprint density at radius 2 is 2.15 bits per heavy atom. The highest BCUT2D eigenvalue weighted by Gasteiger charge is 2.37. The Kier molecular flexibility index (Phi) is 2.07. The average Bonchev–Trinajstić information content (AvgIpc) is 2.73. The molecule has 0 bridgehead atoms. The van der Waals surface area contributed by atoms with Crippen molar-refractivity contribution in [1.29, 1.82) is 0 Å². The quantitative estimate of drug-likeness (QED) is 0.710. The second-order valence-corrected chi connectivity index (χ2v) is 3.94. The summed E-state index contributed by atoms with van der Waals surface area (Å²) in [4.78, 5) is 4.39. The first kappa shape index (κ1) is 8.69. The van der Waals surface area contributed by atoms with E-state index in [1.54, 1.807) is 0 Å². The molecule has 1 heterocycles. The zero-order valence-corrected chi connectivity index (χ0v) is 8.01. The highest BCUT2D eigenvalue weighted by atomic mass is 15.2. The lowest BCUT2D eigenvalue weighted by atomic mass is 9.85. The summed E-state index contributed by atoms with van der Waals surface area (Å²) < 4.78 is 0. The molecule has 13 heavy (non-hydrogen) atoms. The van der Waals surface area contributed by atoms with E-state index in [-0.39, 0.29) is 5.41 Å². The van der Waals surface area contributed by atoms with Gasteiger partial charge < -0.3 is 5.73 Å². The van der Waals surface area contributed by atoms with Crippen molar-refractivity contribution in [2.24, 2.45) is 5.73 Å². The first-order valence-corrected chi connectivity index (χ1v) is 4.86. The number of nitrogens with one attached hydrogen (secondary N) is 1. The molecule has 0 aromatic carbocycles. The van der Waals surface area contributed by atoms with Gasteiger partial charge in [0.25, 0.3) is 0 Å². The van der Waals surface area contributed by atoms with Crippen molar-refractivity contribution in [2.75, 3.05) is 6.54 Å². The van der Waals surface area contributed by atoms with Crippen LogP contribution in [0.4, 0.5) is 0 Å². The summed E-state index contributed by atoms with van der Waals surface area (Å²) in [5.74, 6) is 1.81. The van der Waals surface area contributed by atoms with Crippen LogP contribution in [-0.2, 0) is 5.41 Å². The van der Waals surface area contributed by atoms with E-state index in [4.69, 9.17) is 5.73 Å². The van der Waals surface area contributed by atoms with E-state index in [2.05, 4.69) is 15.2 Å². The van der Waals surface area contributed by atoms with E-state index < -0.39 is 0 Å². The summed E-state index contributed by atoms with van der Waals surface area (Å²) in [6.07, 6.45) is 4.79. The molecule has 0 atom stereocenters. The average molecular weight is 180 g/mol. The zero-order valence-electron chi connectivity index (χ0n) is 8.01. The molecule has 4 nitrogen and oxygen atoms in total. The van der Waals surface area contributed by atoms with Gasteiger partial charge in [-0.25, -0.2) is 4.98 Å². The molecule has 1 fully saturated rings. The fourth-order valence-electron chi connectivity index (χ4n) is 2.15. The predicted molar refractivity (Wildman–Crippen MR) is 50.3 cm³/mol. The number of aromatic nitrogens is 3. The summed E-state index contributed by atoms with van der Waals surface area (Å²) in [7, 11) is 0. The number of aryl methyl sites for hydroxylation is 1. The number of nitrogens with zero attached hydrogens (tertiary/aromatic N) is 2. The van der Waals surface area contributed by atoms with E-state index in [1.165, 1.54) is 12.8 Å². The SMILES string of the molecule is Cc1nc(C2(CN)CCCC2)n[nH]1. The van der Waals surface area contributed by atoms with Crippen LogP contribution in [0.2, 0.25) is 0 Å². The maximum atomic E-state index is 5.82. The Labute approximate surface area is 77.9 Å². The standard InChI is InChI=1S/C9H16N4/c1-7-11-8(13-12-7)9(6-10)4-2-3-5-9/h2-6,10H2,1H3,(H,11,12,13). The van der Waals surface area contributed by atoms with Gasteiger partial charge in [0.15, 0.2) is 5.82 Å². The van der Waals surface area contributed by atoms with E-state index in [9.17, 15) is 0 Å². The Morgan fingerprint density at radius 3 is 2.62 bits per heavy atom. The minimum absolute atomic E-state index is 0.0742. The van der Waals surface area contributed by atoms with Crippen molar-refractivity contribution in [1.82, 2.24) is 15.2 Å². The minimum Gasteiger partial charge on any atom is -0.329 e. The summed E-state index contributed by atoms with van der Waals surface area (Å²) in [5.41, 5.74) is 5.89. The van der Waals surface area contributed by atoms with E-state index in [0.717, 1.165) is 24.5 Å². The fourth-order valence-corrected chi connectivity index (χ4v) is 2.15. The van der Waals surface area contributed by atoms with E-state index in [1.807, 2.05) is 6.92 Å². The molecule has 1 aliphatic rings. The van der Waals surface area contributed by atoms with E-state index >= 15 is 0 Å². The first-order chi connectivity index (χ1) is 6.27. The Balaban J connectivity index is 2.30. The molecular formula is C9H16N4. The third kappa shape index (κ3) is 1.35. The molecule has 0 saturated heterocycles. The number of hydrogen-bond donors (Lipinski definition) is 2. The van der Waals surface area contributed by atoms with Crippen molar-refractivity contribution in [3.63, 3.8) is 0 Å². The molecule has 1 aromatic heterocycles. The Morgan fingerprint density at radius 1 is 1.46 bits per heavy atom. The van der Waals surface area contributed by atoms with Gasteiger partial charge in [-0.1, -0.05) is 12.8 Å². The van der Waals surface area contributed by atoms with E-state index in [0.29, 0.717) is 6.54 Å². The molecule has 1 aromatic rings. The van der Waals surface area contributed by atoms with Crippen LogP contribution in [0.5, 0.6) is 0 Å². The number of nitrogens with two attached hydrogens (primary N) is 1. The summed E-state index contributed by atoms with van der Waals surface area (Å²) in [6, 6.07) is 0. The number of rotatable bonds is 2. The first-order valence-electron chi connectivity index (χ1n) is 4.86. The van der Waals surface area contributed by atoms with Gasteiger partial charge in [-0.3, -0.25) is 5.10 Å². The van der Waals surface area contributed by atoms with Crippen molar-refractivity contribution in [2.45, 2.75) is 38.0 Å². The van der Waals surface area contributed by atoms with Crippen LogP contribution in [0.1, 0.15) is 37.3 Å². The Bertz CT molecular complexity index is 286. The van der Waals surface area contributed by atoms with Crippen LogP contribution in [-0.4, -0.2) is 21.7 Å². The van der Waals surface area contributed by atoms with Crippen LogP contribution < -0.4 is 5.73 Å². The Hall–Kier alpha value is -0.900. The molecule has 0 aliphatic heterocycles. The second-order valence-electron chi connectivity index (χ2n) is 3.94. The highest BCUT2D eigenvalue weighted by molar-refractivity contribution is 5.11. The molecule has 3 N–H and O–H groups in total. The third-order valence-electron chi connectivity index (χ3n) is 3.02. The van der Waals surface area contributed by atoms with Crippen molar-refractivity contribution in [3.8, 4) is 0 Å². The molecule has 0 amide bonds. The van der Waals surface area contributed by atoms with Gasteiger partial charge >= 0.3 is 0 Å². The van der Waals surface area contributed by atoms with Gasteiger partial charge in [-0.2, -0.15) is 5.10 Å². The molecule has 4 heteroatoms. The van der Waals surface area contributed by atoms with Crippen LogP contribution in [0.25, 0.3) is 0 Å². The highest BCUT2D eigenvalue weighted by Crippen LogP contribution is 2.38. The summed E-state index contributed by atoms with van der Waals surface area (Å²) in [5, 5.41) is 7.11. The smallest absolute Gasteiger partial charge is 0.158 e. The van der Waals surface area contributed by atoms with Crippen LogP contribution in [0, 0.1) is 6.92 Å². The molecular weight excluding hydrogens is 164 g/mol. The van der Waals surface area contributed by atoms with Crippen molar-refractivity contribution in [3.05, 3.63) is 11.6 Å². The third-order valence-corrected chi connectivity index (χ3v) is 3.02. The lowest BCUT2D eigenvalue weighted by Crippen LogP contribution is -2.33. The number of H-pyrrole nitrogens is 1. The predicted octanol–water partition coefficient (Wildman–Crippen LogP) is 0.884. The molecule has 0 spiro atoms. The maximum absolute atomic E-state index is 5.82. The molecule has 1 saturated carbocycles. The van der Waals surface area contributed by atoms with Crippen LogP contribution in [0.3, 0.4) is 0 Å². The fraction of sp³-hybridized carbons (Fsp3) is 0.778. The summed E-state index contributed by atoms with van der Waals surface area (Å²) in [6.45, 7) is 2.60. The van der Waals surface area contributed by atoms with Gasteiger partial charge in [-0.15, -0.1) is 0 Å². The largest absolute Gasteiger partial charge is 0.329 e. The van der Waals surface area contributed by atoms with Gasteiger partial charge in [0.05, 0.1) is 0 Å². The monoisotopic (exact) mass is 180 g/mol. The van der Waals surface area contributed by atoms with Gasteiger partial charge in [0.1, 0.15) is 5.82 Å². The number of aromatic amines is 1. The van der Waals surface area contributed by atoms with Crippen LogP contribution >= 0.6 is 0 Å². The van der Waals surface area contributed by atoms with Crippen LogP contribution in [0.15, 0.2) is 0 Å². The summed E-state index contributed by atoms with van der Waals surface area (Å²) >= 11 is 0. The minimum atomic E-state index is 0.0742. The normalized spacial score (nSPS) is 20.8. The number of hydrogen-bond acceptors (Lipinski definition) is 3. The van der Waals surface area contributed by atoms with Crippen molar-refractivity contribution >= 4 is 0 Å². The molecule has 2 rings (SSSR count). The molecule has 0 unspecified atom stereocenters. The maximum Gasteiger partial charge on any atom is 0.158 e. The molecule has 1 aliphatic carbocycles. The van der Waals surface area contributed by atoms with Gasteiger partial charge in [-0.05, 0) is 19.8 Å². The van der Waals surface area contributed by atoms with Crippen molar-refractivity contribution < 1.29 is 0 Å². The second kappa shape index (κ2) is 3.10. The van der Waals surface area contributed by atoms with Gasteiger partial charge in [0.2, 0.25) is 0 Å².